The summed E-state index contributed by atoms with van der Waals surface area (Å²) in [5, 5.41) is 0. The molecule has 75 heavy (non-hydrogen) atoms. The summed E-state index contributed by atoms with van der Waals surface area (Å²) >= 11 is 0. The number of benzene rings is 7. The molecule has 0 amide bonds. The van der Waals surface area contributed by atoms with E-state index in [0.29, 0.717) is 5.82 Å². The maximum absolute atomic E-state index is 5.76. The molecule has 0 N–H and O–H groups in total. The molecule has 0 radical (unpaired) electrons. The predicted molar refractivity (Wildman–Crippen MR) is 325 cm³/mol. The first-order valence-corrected chi connectivity index (χ1v) is 27.3. The molecule has 0 saturated heterocycles. The number of rotatable bonds is 5. The highest BCUT2D eigenvalue weighted by atomic mass is 15.2. The number of aromatic nitrogens is 2. The van der Waals surface area contributed by atoms with Crippen LogP contribution in [0.15, 0.2) is 152 Å². The van der Waals surface area contributed by atoms with Crippen LogP contribution in [-0.4, -0.2) is 16.7 Å². The van der Waals surface area contributed by atoms with Gasteiger partial charge in [0.15, 0.2) is 5.82 Å². The van der Waals surface area contributed by atoms with Gasteiger partial charge in [-0.05, 0) is 161 Å². The molecule has 7 aromatic carbocycles. The van der Waals surface area contributed by atoms with Crippen LogP contribution in [0.4, 0.5) is 34.1 Å². The number of fused-ring (bicyclic) bond motifs is 4. The molecule has 5 heteroatoms. The summed E-state index contributed by atoms with van der Waals surface area (Å²) in [7, 11) is 0. The Hall–Kier alpha value is -6.72. The molecule has 0 unspecified atom stereocenters. The maximum atomic E-state index is 5.76. The van der Waals surface area contributed by atoms with E-state index in [0.717, 1.165) is 50.8 Å². The van der Waals surface area contributed by atoms with Gasteiger partial charge in [-0.3, -0.25) is 0 Å². The predicted octanol–water partition coefficient (Wildman–Crippen LogP) is 17.3. The van der Waals surface area contributed by atoms with E-state index < -0.39 is 0 Å². The van der Waals surface area contributed by atoms with Crippen LogP contribution in [-0.2, 0) is 32.5 Å². The van der Waals surface area contributed by atoms with Gasteiger partial charge >= 0.3 is 0 Å². The van der Waals surface area contributed by atoms with E-state index in [9.17, 15) is 0 Å². The van der Waals surface area contributed by atoms with Gasteiger partial charge in [-0.2, -0.15) is 0 Å². The van der Waals surface area contributed by atoms with E-state index in [-0.39, 0.29) is 39.2 Å². The van der Waals surface area contributed by atoms with Crippen LogP contribution in [0.1, 0.15) is 158 Å². The molecule has 0 atom stereocenters. The molecular weight excluding hydrogens is 908 g/mol. The van der Waals surface area contributed by atoms with Crippen LogP contribution >= 0.6 is 0 Å². The average molecular weight is 987 g/mol. The van der Waals surface area contributed by atoms with Crippen LogP contribution in [0, 0.1) is 0 Å². The van der Waals surface area contributed by atoms with Gasteiger partial charge in [0, 0.05) is 50.8 Å². The Balaban J connectivity index is 1.32. The molecule has 2 aliphatic rings. The first-order chi connectivity index (χ1) is 34.9. The quantitative estimate of drug-likeness (QED) is 0.161. The van der Waals surface area contributed by atoms with Gasteiger partial charge in [-0.15, -0.1) is 0 Å². The highest BCUT2D eigenvalue weighted by Crippen LogP contribution is 2.47. The Morgan fingerprint density at radius 2 is 0.627 bits per heavy atom. The van der Waals surface area contributed by atoms with E-state index >= 15 is 0 Å². The third-order valence-electron chi connectivity index (χ3n) is 15.8. The fraction of sp³-hybridized carbons (Fsp3) is 0.343. The average Bonchev–Trinajstić information content (AvgIpc) is 3.34. The van der Waals surface area contributed by atoms with Crippen molar-refractivity contribution in [1.82, 2.24) is 9.97 Å². The number of para-hydroxylation sites is 2. The van der Waals surface area contributed by atoms with Gasteiger partial charge in [0.05, 0.1) is 11.4 Å². The van der Waals surface area contributed by atoms with Crippen molar-refractivity contribution in [2.24, 2.45) is 0 Å². The van der Waals surface area contributed by atoms with Crippen LogP contribution in [0.25, 0.3) is 33.9 Å². The third-order valence-corrected chi connectivity index (χ3v) is 15.8. The molecule has 0 aliphatic carbocycles. The van der Waals surface area contributed by atoms with Gasteiger partial charge in [0.25, 0.3) is 6.71 Å². The summed E-state index contributed by atoms with van der Waals surface area (Å²) in [6.07, 6.45) is 0. The van der Waals surface area contributed by atoms with E-state index in [1.165, 1.54) is 61.1 Å². The summed E-state index contributed by atoms with van der Waals surface area (Å²) < 4.78 is 0. The van der Waals surface area contributed by atoms with E-state index in [4.69, 9.17) is 9.97 Å². The summed E-state index contributed by atoms with van der Waals surface area (Å²) in [6.45, 7) is 41.5. The standard InChI is InChI=1S/C70H79BN4/c1-65(2,3)47-27-31-53(32-28-47)74-59-25-21-19-23-55(59)71-56-24-20-22-26-60(56)75(54-33-29-48(30-34-54)66(4,5)6)62-40-46(39-61(74)63(62)71)64-72-57(44-35-49(67(7,8)9)41-50(36-44)68(10,11)12)43-58(73-64)45-37-51(69(13,14)15)42-52(38-45)70(16,17)18/h19-43H,1-18H3. The summed E-state index contributed by atoms with van der Waals surface area (Å²) in [5.74, 6) is 0.693. The van der Waals surface area contributed by atoms with E-state index in [1.807, 2.05) is 0 Å². The minimum absolute atomic E-state index is 0.00934. The molecule has 0 spiro atoms. The van der Waals surface area contributed by atoms with Crippen molar-refractivity contribution in [3.05, 3.63) is 185 Å². The first kappa shape index (κ1) is 51.8. The van der Waals surface area contributed by atoms with Gasteiger partial charge in [-0.1, -0.05) is 197 Å². The SMILES string of the molecule is CC(C)(C)c1ccc(N2c3ccccc3B3c4ccccc4N(c4ccc(C(C)(C)C)cc4)c4cc(-c5nc(-c6cc(C(C)(C)C)cc(C(C)(C)C)c6)cc(-c6cc(C(C)(C)C)cc(C(C)(C)C)c6)n5)cc2c43)cc1. The minimum Gasteiger partial charge on any atom is -0.311 e. The van der Waals surface area contributed by atoms with Crippen LogP contribution in [0.3, 0.4) is 0 Å². The zero-order valence-electron chi connectivity index (χ0n) is 48.3. The number of nitrogens with zero attached hydrogens (tertiary/aromatic N) is 4. The lowest BCUT2D eigenvalue weighted by atomic mass is 9.33. The number of anilines is 6. The molecule has 10 rings (SSSR count). The third kappa shape index (κ3) is 9.77. The van der Waals surface area contributed by atoms with Gasteiger partial charge in [0.2, 0.25) is 0 Å². The Morgan fingerprint density at radius 3 is 0.947 bits per heavy atom. The van der Waals surface area contributed by atoms with Crippen molar-refractivity contribution in [2.75, 3.05) is 9.80 Å². The lowest BCUT2D eigenvalue weighted by molar-refractivity contribution is 0.568. The fourth-order valence-electron chi connectivity index (χ4n) is 11.0. The fourth-order valence-corrected chi connectivity index (χ4v) is 11.0. The van der Waals surface area contributed by atoms with Crippen molar-refractivity contribution in [2.45, 2.75) is 157 Å². The topological polar surface area (TPSA) is 32.3 Å². The molecule has 1 aromatic heterocycles. The van der Waals surface area contributed by atoms with E-state index in [2.05, 4.69) is 286 Å². The molecule has 8 aromatic rings. The molecule has 382 valence electrons. The van der Waals surface area contributed by atoms with E-state index in [1.54, 1.807) is 0 Å². The van der Waals surface area contributed by atoms with Crippen molar-refractivity contribution in [1.29, 1.82) is 0 Å². The minimum atomic E-state index is -0.0787. The molecule has 3 heterocycles. The molecule has 0 fully saturated rings. The second-order valence-corrected chi connectivity index (χ2v) is 27.8. The zero-order valence-corrected chi connectivity index (χ0v) is 48.3. The summed E-state index contributed by atoms with van der Waals surface area (Å²) in [4.78, 5) is 16.5. The van der Waals surface area contributed by atoms with Crippen molar-refractivity contribution >= 4 is 57.2 Å². The first-order valence-electron chi connectivity index (χ1n) is 27.3. The Kier molecular flexibility index (Phi) is 12.4. The van der Waals surface area contributed by atoms with Crippen LogP contribution in [0.5, 0.6) is 0 Å². The largest absolute Gasteiger partial charge is 0.311 e. The Morgan fingerprint density at radius 1 is 0.307 bits per heavy atom. The zero-order chi connectivity index (χ0) is 53.9. The molecule has 4 nitrogen and oxygen atoms in total. The molecule has 0 bridgehead atoms. The monoisotopic (exact) mass is 987 g/mol. The number of hydrogen-bond acceptors (Lipinski definition) is 4. The smallest absolute Gasteiger partial charge is 0.252 e. The number of hydrogen-bond donors (Lipinski definition) is 0. The molecule has 0 saturated carbocycles. The van der Waals surface area contributed by atoms with Crippen molar-refractivity contribution < 1.29 is 0 Å². The summed E-state index contributed by atoms with van der Waals surface area (Å²) in [6, 6.07) is 58.0. The highest BCUT2D eigenvalue weighted by molar-refractivity contribution is 7.00. The highest BCUT2D eigenvalue weighted by Gasteiger charge is 2.44. The summed E-state index contributed by atoms with van der Waals surface area (Å²) in [5.41, 5.74) is 23.2. The lowest BCUT2D eigenvalue weighted by Crippen LogP contribution is -2.61. The Bertz CT molecular complexity index is 3200. The van der Waals surface area contributed by atoms with Gasteiger partial charge in [-0.25, -0.2) is 9.97 Å². The van der Waals surface area contributed by atoms with Gasteiger partial charge in [0.1, 0.15) is 0 Å². The van der Waals surface area contributed by atoms with Crippen LogP contribution in [0.2, 0.25) is 0 Å². The van der Waals surface area contributed by atoms with Crippen molar-refractivity contribution in [3.63, 3.8) is 0 Å². The maximum Gasteiger partial charge on any atom is 0.252 e. The molecule has 2 aliphatic heterocycles. The lowest BCUT2D eigenvalue weighted by Gasteiger charge is -2.44. The normalized spacial score (nSPS) is 13.9. The van der Waals surface area contributed by atoms with Gasteiger partial charge < -0.3 is 9.80 Å². The van der Waals surface area contributed by atoms with Crippen molar-refractivity contribution in [3.8, 4) is 33.9 Å². The van der Waals surface area contributed by atoms with Crippen LogP contribution < -0.4 is 26.2 Å². The second kappa shape index (κ2) is 18.0. The molecular formula is C70H79BN4. The second-order valence-electron chi connectivity index (χ2n) is 27.8. The Labute approximate surface area is 450 Å².